The van der Waals surface area contributed by atoms with E-state index < -0.39 is 0 Å². The molecule has 3 N–H and O–H groups in total. The number of carbonyl (C=O) groups is 1. The number of hydrogen-bond donors (Lipinski definition) is 3. The van der Waals surface area contributed by atoms with Gasteiger partial charge < -0.3 is 20.3 Å². The molecular weight excluding hydrogens is 651 g/mol. The number of benzene rings is 3. The molecule has 1 saturated heterocycles. The lowest BCUT2D eigenvalue weighted by Gasteiger charge is -2.28. The molecule has 1 aliphatic heterocycles. The van der Waals surface area contributed by atoms with Crippen LogP contribution in [0.4, 0.5) is 27.9 Å². The zero-order valence-corrected chi connectivity index (χ0v) is 30.4. The van der Waals surface area contributed by atoms with E-state index in [1.54, 1.807) is 17.1 Å². The first kappa shape index (κ1) is 34.6. The standard InChI is InChI=1S/C41H45N9O2/c1-27-10-12-30(13-11-27)50-39(23-36(48-50)41(2,3)4)47-40(51)45-33-14-15-35(32-9-7-6-8-31(32)33)52-26-28-16-19-43-37(22-28)46-38-25-42-24-34(44-38)29-17-20-49(5)21-18-29/h6-16,19,22-25,29H,17-18,20-21,26H2,1-5H3,(H,43,44,46)(H2,45,47,51). The minimum absolute atomic E-state index is 0.198. The Morgan fingerprint density at radius 1 is 0.904 bits per heavy atom. The molecule has 6 aromatic rings. The fraction of sp³-hybridized carbons (Fsp3) is 0.293. The van der Waals surface area contributed by atoms with Crippen LogP contribution in [0.1, 0.15) is 62.0 Å². The van der Waals surface area contributed by atoms with Gasteiger partial charge in [0.15, 0.2) is 0 Å². The van der Waals surface area contributed by atoms with Gasteiger partial charge in [0.1, 0.15) is 29.8 Å². The number of ether oxygens (including phenoxy) is 1. The molecule has 2 amide bonds. The van der Waals surface area contributed by atoms with Crippen molar-refractivity contribution in [3.8, 4) is 11.4 Å². The molecule has 1 aliphatic rings. The van der Waals surface area contributed by atoms with Crippen LogP contribution in [0.25, 0.3) is 16.5 Å². The van der Waals surface area contributed by atoms with Crippen LogP contribution in [0.15, 0.2) is 97.5 Å². The number of nitrogens with zero attached hydrogens (tertiary/aromatic N) is 6. The number of urea groups is 1. The molecule has 3 aromatic carbocycles. The molecule has 11 heteroatoms. The number of hydrogen-bond acceptors (Lipinski definition) is 8. The average Bonchev–Trinajstić information content (AvgIpc) is 3.56. The van der Waals surface area contributed by atoms with Gasteiger partial charge in [0.25, 0.3) is 0 Å². The Kier molecular flexibility index (Phi) is 9.86. The van der Waals surface area contributed by atoms with E-state index in [0.29, 0.717) is 41.4 Å². The number of anilines is 4. The molecule has 1 fully saturated rings. The summed E-state index contributed by atoms with van der Waals surface area (Å²) in [4.78, 5) is 29.6. The van der Waals surface area contributed by atoms with Gasteiger partial charge in [-0.1, -0.05) is 62.7 Å². The second-order valence-electron chi connectivity index (χ2n) is 14.5. The second kappa shape index (κ2) is 14.8. The van der Waals surface area contributed by atoms with Gasteiger partial charge in [-0.3, -0.25) is 10.3 Å². The highest BCUT2D eigenvalue weighted by Gasteiger charge is 2.23. The minimum Gasteiger partial charge on any atom is -0.488 e. The van der Waals surface area contributed by atoms with Crippen LogP contribution in [0.2, 0.25) is 0 Å². The summed E-state index contributed by atoms with van der Waals surface area (Å²) in [6, 6.07) is 25.1. The molecule has 11 nitrogen and oxygen atoms in total. The van der Waals surface area contributed by atoms with Gasteiger partial charge in [-0.15, -0.1) is 0 Å². The molecule has 0 radical (unpaired) electrons. The van der Waals surface area contributed by atoms with E-state index in [1.165, 1.54) is 0 Å². The predicted octanol–water partition coefficient (Wildman–Crippen LogP) is 8.59. The Morgan fingerprint density at radius 3 is 2.44 bits per heavy atom. The summed E-state index contributed by atoms with van der Waals surface area (Å²) < 4.78 is 8.13. The molecule has 7 rings (SSSR count). The summed E-state index contributed by atoms with van der Waals surface area (Å²) >= 11 is 0. The molecule has 0 atom stereocenters. The fourth-order valence-electron chi connectivity index (χ4n) is 6.36. The molecular formula is C41H45N9O2. The first-order chi connectivity index (χ1) is 25.1. The lowest BCUT2D eigenvalue weighted by Crippen LogP contribution is -2.29. The Morgan fingerprint density at radius 2 is 1.67 bits per heavy atom. The summed E-state index contributed by atoms with van der Waals surface area (Å²) in [5, 5.41) is 16.0. The van der Waals surface area contributed by atoms with Gasteiger partial charge in [0.05, 0.1) is 29.0 Å². The van der Waals surface area contributed by atoms with E-state index in [2.05, 4.69) is 58.6 Å². The normalized spacial score (nSPS) is 13.9. The highest BCUT2D eigenvalue weighted by atomic mass is 16.5. The number of aromatic nitrogens is 5. The van der Waals surface area contributed by atoms with Crippen LogP contribution in [0.5, 0.6) is 5.75 Å². The van der Waals surface area contributed by atoms with Crippen molar-refractivity contribution in [3.63, 3.8) is 0 Å². The second-order valence-corrected chi connectivity index (χ2v) is 14.5. The molecule has 0 aliphatic carbocycles. The maximum absolute atomic E-state index is 13.5. The number of carbonyl (C=O) groups excluding carboxylic acids is 1. The first-order valence-electron chi connectivity index (χ1n) is 17.7. The third-order valence-electron chi connectivity index (χ3n) is 9.40. The highest BCUT2D eigenvalue weighted by Crippen LogP contribution is 2.33. The van der Waals surface area contributed by atoms with Gasteiger partial charge >= 0.3 is 6.03 Å². The molecule has 0 unspecified atom stereocenters. The molecule has 0 bridgehead atoms. The van der Waals surface area contributed by atoms with Crippen LogP contribution in [0.3, 0.4) is 0 Å². The maximum atomic E-state index is 13.5. The van der Waals surface area contributed by atoms with Crippen molar-refractivity contribution in [3.05, 3.63) is 120 Å². The van der Waals surface area contributed by atoms with E-state index in [-0.39, 0.29) is 11.4 Å². The van der Waals surface area contributed by atoms with Gasteiger partial charge in [0.2, 0.25) is 0 Å². The molecule has 52 heavy (non-hydrogen) atoms. The zero-order chi connectivity index (χ0) is 36.2. The van der Waals surface area contributed by atoms with E-state index in [4.69, 9.17) is 14.8 Å². The zero-order valence-electron chi connectivity index (χ0n) is 30.4. The molecule has 0 spiro atoms. The summed E-state index contributed by atoms with van der Waals surface area (Å²) in [6.45, 7) is 10.8. The van der Waals surface area contributed by atoms with Crippen molar-refractivity contribution >= 4 is 39.9 Å². The van der Waals surface area contributed by atoms with Gasteiger partial charge in [-0.25, -0.2) is 19.4 Å². The quantitative estimate of drug-likeness (QED) is 0.138. The van der Waals surface area contributed by atoms with Crippen molar-refractivity contribution in [2.75, 3.05) is 36.1 Å². The van der Waals surface area contributed by atoms with E-state index in [0.717, 1.165) is 64.9 Å². The third kappa shape index (κ3) is 8.05. The Balaban J connectivity index is 1.04. The number of likely N-dealkylation sites (tertiary alicyclic amines) is 1. The Bertz CT molecular complexity index is 2180. The van der Waals surface area contributed by atoms with E-state index in [9.17, 15) is 4.79 Å². The van der Waals surface area contributed by atoms with Gasteiger partial charge in [-0.2, -0.15) is 5.10 Å². The number of rotatable bonds is 9. The Labute approximate surface area is 304 Å². The summed E-state index contributed by atoms with van der Waals surface area (Å²) in [5.41, 5.74) is 5.32. The summed E-state index contributed by atoms with van der Waals surface area (Å²) in [5.74, 6) is 3.05. The number of fused-ring (bicyclic) bond motifs is 1. The summed E-state index contributed by atoms with van der Waals surface area (Å²) in [7, 11) is 2.16. The van der Waals surface area contributed by atoms with Crippen molar-refractivity contribution in [1.82, 2.24) is 29.6 Å². The van der Waals surface area contributed by atoms with E-state index in [1.807, 2.05) is 92.0 Å². The largest absolute Gasteiger partial charge is 0.488 e. The lowest BCUT2D eigenvalue weighted by atomic mass is 9.92. The predicted molar refractivity (Wildman–Crippen MR) is 207 cm³/mol. The van der Waals surface area contributed by atoms with Crippen molar-refractivity contribution < 1.29 is 9.53 Å². The average molecular weight is 696 g/mol. The SMILES string of the molecule is Cc1ccc(-n2nc(C(C)(C)C)cc2NC(=O)Nc2ccc(OCc3ccnc(Nc4cncc(C5CCN(C)CC5)n4)c3)c3ccccc23)cc1. The number of nitrogens with one attached hydrogen (secondary N) is 3. The number of aryl methyl sites for hydroxylation is 1. The minimum atomic E-state index is -0.370. The van der Waals surface area contributed by atoms with Crippen molar-refractivity contribution in [1.29, 1.82) is 0 Å². The van der Waals surface area contributed by atoms with E-state index >= 15 is 0 Å². The van der Waals surface area contributed by atoms with Crippen molar-refractivity contribution in [2.45, 2.75) is 58.5 Å². The fourth-order valence-corrected chi connectivity index (χ4v) is 6.36. The van der Waals surface area contributed by atoms with Gasteiger partial charge in [-0.05, 0) is 81.9 Å². The van der Waals surface area contributed by atoms with Crippen LogP contribution in [0, 0.1) is 6.92 Å². The van der Waals surface area contributed by atoms with Gasteiger partial charge in [0, 0.05) is 40.6 Å². The smallest absolute Gasteiger partial charge is 0.324 e. The molecule has 266 valence electrons. The topological polar surface area (TPSA) is 122 Å². The maximum Gasteiger partial charge on any atom is 0.324 e. The number of pyridine rings is 1. The van der Waals surface area contributed by atoms with Crippen molar-refractivity contribution in [2.24, 2.45) is 0 Å². The van der Waals surface area contributed by atoms with Crippen LogP contribution < -0.4 is 20.7 Å². The molecule has 3 aromatic heterocycles. The molecule has 0 saturated carbocycles. The first-order valence-corrected chi connectivity index (χ1v) is 17.7. The van der Waals surface area contributed by atoms with Crippen LogP contribution >= 0.6 is 0 Å². The molecule has 4 heterocycles. The highest BCUT2D eigenvalue weighted by molar-refractivity contribution is 6.07. The Hall–Kier alpha value is -5.81. The van der Waals surface area contributed by atoms with Crippen LogP contribution in [-0.2, 0) is 12.0 Å². The third-order valence-corrected chi connectivity index (χ3v) is 9.40. The monoisotopic (exact) mass is 695 g/mol. The lowest BCUT2D eigenvalue weighted by molar-refractivity contribution is 0.253. The number of amides is 2. The number of piperidine rings is 1. The van der Waals surface area contributed by atoms with Crippen LogP contribution in [-0.4, -0.2) is 55.8 Å². The summed E-state index contributed by atoms with van der Waals surface area (Å²) in [6.07, 6.45) is 7.53.